The van der Waals surface area contributed by atoms with Crippen molar-refractivity contribution in [1.29, 1.82) is 0 Å². The molecule has 0 aromatic heterocycles. The summed E-state index contributed by atoms with van der Waals surface area (Å²) in [6.45, 7) is 11.9. The molecule has 106 valence electrons. The molecular weight excluding hydrogens is 240 g/mol. The first-order valence-corrected chi connectivity index (χ1v) is 7.18. The molecule has 2 fully saturated rings. The van der Waals surface area contributed by atoms with Gasteiger partial charge in [-0.15, -0.1) is 0 Å². The third-order valence-corrected chi connectivity index (χ3v) is 5.63. The minimum absolute atomic E-state index is 0.0145. The van der Waals surface area contributed by atoms with Gasteiger partial charge in [0.1, 0.15) is 6.10 Å². The van der Waals surface area contributed by atoms with Gasteiger partial charge in [0.25, 0.3) is 0 Å². The number of carbonyl (C=O) groups excluding carboxylic acids is 2. The summed E-state index contributed by atoms with van der Waals surface area (Å²) in [5.41, 5.74) is -0.428. The minimum atomic E-state index is -0.428. The molecule has 0 amide bonds. The van der Waals surface area contributed by atoms with E-state index < -0.39 is 5.41 Å². The number of allylic oxidation sites excluding steroid dienone is 1. The molecule has 1 saturated heterocycles. The van der Waals surface area contributed by atoms with Crippen LogP contribution in [0.2, 0.25) is 0 Å². The van der Waals surface area contributed by atoms with Crippen LogP contribution in [0.25, 0.3) is 0 Å². The Labute approximate surface area is 115 Å². The van der Waals surface area contributed by atoms with Gasteiger partial charge in [0.05, 0.1) is 5.92 Å². The number of carbonyl (C=O) groups is 2. The number of esters is 1. The molecule has 1 saturated carbocycles. The number of ether oxygens (including phenoxy) is 1. The molecule has 6 atom stereocenters. The van der Waals surface area contributed by atoms with E-state index in [-0.39, 0.29) is 35.6 Å². The molecular formula is C16H24O3. The van der Waals surface area contributed by atoms with E-state index in [4.69, 9.17) is 4.74 Å². The average Bonchev–Trinajstić information content (AvgIpc) is 2.58. The van der Waals surface area contributed by atoms with Crippen LogP contribution in [-0.4, -0.2) is 17.9 Å². The van der Waals surface area contributed by atoms with Gasteiger partial charge in [-0.05, 0) is 30.8 Å². The van der Waals surface area contributed by atoms with E-state index in [1.807, 2.05) is 13.8 Å². The van der Waals surface area contributed by atoms with Crippen molar-refractivity contribution in [2.75, 3.05) is 0 Å². The normalized spacial score (nSPS) is 46.1. The van der Waals surface area contributed by atoms with E-state index in [0.29, 0.717) is 5.92 Å². The monoisotopic (exact) mass is 264 g/mol. The predicted molar refractivity (Wildman–Crippen MR) is 73.4 cm³/mol. The Hall–Kier alpha value is -1.12. The first-order valence-electron chi connectivity index (χ1n) is 7.18. The molecule has 1 heterocycles. The van der Waals surface area contributed by atoms with E-state index >= 15 is 0 Å². The van der Waals surface area contributed by atoms with Crippen molar-refractivity contribution in [3.05, 3.63) is 12.7 Å². The summed E-state index contributed by atoms with van der Waals surface area (Å²) in [5.74, 6) is 0.689. The second kappa shape index (κ2) is 4.77. The van der Waals surface area contributed by atoms with Gasteiger partial charge in [0.2, 0.25) is 0 Å². The van der Waals surface area contributed by atoms with Crippen LogP contribution in [0.1, 0.15) is 40.5 Å². The van der Waals surface area contributed by atoms with Crippen molar-refractivity contribution >= 4 is 11.8 Å². The summed E-state index contributed by atoms with van der Waals surface area (Å²) in [6.07, 6.45) is 3.01. The maximum Gasteiger partial charge on any atom is 0.309 e. The fraction of sp³-hybridized carbons (Fsp3) is 0.750. The van der Waals surface area contributed by atoms with E-state index in [1.54, 1.807) is 0 Å². The van der Waals surface area contributed by atoms with E-state index in [9.17, 15) is 9.59 Å². The maximum atomic E-state index is 12.3. The third kappa shape index (κ3) is 2.13. The molecule has 0 aromatic carbocycles. The van der Waals surface area contributed by atoms with Crippen molar-refractivity contribution in [1.82, 2.24) is 0 Å². The summed E-state index contributed by atoms with van der Waals surface area (Å²) in [6, 6.07) is 0. The molecule has 0 bridgehead atoms. The topological polar surface area (TPSA) is 43.4 Å². The summed E-state index contributed by atoms with van der Waals surface area (Å²) in [5, 5.41) is 0. The standard InChI is InChI=1S/C16H24O3/c1-6-14(17)16(5)8-12-10(3)15(18)19-13(12)7-9(2)11(16)4/h6,9-13H,1,7-8H2,2-5H3/t9-,10+,11+,12-,13?,16+/m1/s1. The molecule has 1 aliphatic heterocycles. The van der Waals surface area contributed by atoms with E-state index in [0.717, 1.165) is 12.8 Å². The highest BCUT2D eigenvalue weighted by Crippen LogP contribution is 2.50. The van der Waals surface area contributed by atoms with Crippen LogP contribution in [0.15, 0.2) is 12.7 Å². The van der Waals surface area contributed by atoms with Crippen LogP contribution >= 0.6 is 0 Å². The fourth-order valence-corrected chi connectivity index (χ4v) is 3.80. The van der Waals surface area contributed by atoms with Gasteiger partial charge >= 0.3 is 5.97 Å². The Kier molecular flexibility index (Phi) is 3.59. The molecule has 3 heteroatoms. The van der Waals surface area contributed by atoms with Gasteiger partial charge in [-0.25, -0.2) is 0 Å². The first kappa shape index (κ1) is 14.3. The van der Waals surface area contributed by atoms with Gasteiger partial charge in [0, 0.05) is 11.3 Å². The number of fused-ring (bicyclic) bond motifs is 1. The maximum absolute atomic E-state index is 12.3. The second-order valence-corrected chi connectivity index (χ2v) is 6.62. The van der Waals surface area contributed by atoms with Crippen molar-refractivity contribution in [3.63, 3.8) is 0 Å². The lowest BCUT2D eigenvalue weighted by molar-refractivity contribution is -0.144. The molecule has 1 aliphatic carbocycles. The number of ketones is 1. The summed E-state index contributed by atoms with van der Waals surface area (Å²) >= 11 is 0. The Morgan fingerprint density at radius 2 is 2.05 bits per heavy atom. The zero-order chi connectivity index (χ0) is 14.4. The average molecular weight is 264 g/mol. The molecule has 0 spiro atoms. The van der Waals surface area contributed by atoms with Crippen molar-refractivity contribution in [2.45, 2.75) is 46.6 Å². The van der Waals surface area contributed by atoms with E-state index in [2.05, 4.69) is 20.4 Å². The van der Waals surface area contributed by atoms with Crippen LogP contribution in [0.4, 0.5) is 0 Å². The molecule has 0 aromatic rings. The lowest BCUT2D eigenvalue weighted by atomic mass is 9.66. The predicted octanol–water partition coefficient (Wildman–Crippen LogP) is 2.99. The van der Waals surface area contributed by atoms with Crippen LogP contribution in [0.3, 0.4) is 0 Å². The largest absolute Gasteiger partial charge is 0.462 e. The molecule has 3 nitrogen and oxygen atoms in total. The molecule has 2 rings (SSSR count). The van der Waals surface area contributed by atoms with Gasteiger partial charge in [-0.1, -0.05) is 34.3 Å². The Morgan fingerprint density at radius 1 is 1.42 bits per heavy atom. The van der Waals surface area contributed by atoms with Crippen LogP contribution in [0, 0.1) is 29.1 Å². The molecule has 0 N–H and O–H groups in total. The summed E-state index contributed by atoms with van der Waals surface area (Å²) in [7, 11) is 0. The van der Waals surface area contributed by atoms with Gasteiger partial charge < -0.3 is 4.74 Å². The molecule has 1 unspecified atom stereocenters. The number of hydrogen-bond acceptors (Lipinski definition) is 3. The quantitative estimate of drug-likeness (QED) is 0.569. The highest BCUT2D eigenvalue weighted by atomic mass is 16.6. The smallest absolute Gasteiger partial charge is 0.309 e. The van der Waals surface area contributed by atoms with Crippen molar-refractivity contribution in [3.8, 4) is 0 Å². The second-order valence-electron chi connectivity index (χ2n) is 6.62. The first-order chi connectivity index (χ1) is 8.81. The van der Waals surface area contributed by atoms with Crippen LogP contribution < -0.4 is 0 Å². The third-order valence-electron chi connectivity index (χ3n) is 5.63. The fourth-order valence-electron chi connectivity index (χ4n) is 3.80. The van der Waals surface area contributed by atoms with E-state index in [1.165, 1.54) is 6.08 Å². The Morgan fingerprint density at radius 3 is 2.63 bits per heavy atom. The summed E-state index contributed by atoms with van der Waals surface area (Å²) < 4.78 is 5.51. The lowest BCUT2D eigenvalue weighted by Gasteiger charge is -2.36. The zero-order valence-corrected chi connectivity index (χ0v) is 12.3. The Balaban J connectivity index is 2.37. The van der Waals surface area contributed by atoms with Crippen molar-refractivity contribution < 1.29 is 14.3 Å². The Bertz CT molecular complexity index is 414. The number of rotatable bonds is 2. The number of hydrogen-bond donors (Lipinski definition) is 0. The van der Waals surface area contributed by atoms with Gasteiger partial charge in [-0.2, -0.15) is 0 Å². The SMILES string of the molecule is C=CC(=O)[C@@]1(C)C[C@H]2C(C[C@@H](C)[C@@H]1C)OC(=O)[C@H]2C. The van der Waals surface area contributed by atoms with Crippen molar-refractivity contribution in [2.24, 2.45) is 29.1 Å². The highest BCUT2D eigenvalue weighted by molar-refractivity contribution is 5.94. The van der Waals surface area contributed by atoms with Gasteiger partial charge in [-0.3, -0.25) is 9.59 Å². The molecule has 2 aliphatic rings. The van der Waals surface area contributed by atoms with Gasteiger partial charge in [0.15, 0.2) is 5.78 Å². The van der Waals surface area contributed by atoms with Crippen LogP contribution in [0.5, 0.6) is 0 Å². The summed E-state index contributed by atoms with van der Waals surface area (Å²) in [4.78, 5) is 24.1. The van der Waals surface area contributed by atoms with Crippen LogP contribution in [-0.2, 0) is 14.3 Å². The minimum Gasteiger partial charge on any atom is -0.462 e. The molecule has 0 radical (unpaired) electrons. The highest BCUT2D eigenvalue weighted by Gasteiger charge is 2.52. The zero-order valence-electron chi connectivity index (χ0n) is 12.3. The lowest BCUT2D eigenvalue weighted by Crippen LogP contribution is -2.37. The molecule has 19 heavy (non-hydrogen) atoms.